The first-order valence-electron chi connectivity index (χ1n) is 3.73. The van der Waals surface area contributed by atoms with Gasteiger partial charge in [0.15, 0.2) is 0 Å². The molecule has 1 aromatic heterocycles. The summed E-state index contributed by atoms with van der Waals surface area (Å²) in [6.07, 6.45) is 0. The van der Waals surface area contributed by atoms with Crippen molar-refractivity contribution in [1.29, 1.82) is 0 Å². The average Bonchev–Trinajstić information content (AvgIpc) is 2.35. The summed E-state index contributed by atoms with van der Waals surface area (Å²) in [5, 5.41) is 5.23. The number of carbonyl (C=O) groups excluding carboxylic acids is 1. The van der Waals surface area contributed by atoms with Gasteiger partial charge in [-0.05, 0) is 24.4 Å². The maximum absolute atomic E-state index is 11.3. The zero-order valence-electron chi connectivity index (χ0n) is 7.25. The van der Waals surface area contributed by atoms with Crippen molar-refractivity contribution in [2.45, 2.75) is 13.8 Å². The fraction of sp³-hybridized carbons (Fsp3) is 0.500. The number of nitrogens with one attached hydrogen (secondary N) is 3. The van der Waals surface area contributed by atoms with Gasteiger partial charge in [-0.3, -0.25) is 20.4 Å². The standard InChI is InChI=1S/C6H10N4OS2/c1-3(2)4(11)9-10-5(12)7-8-6(10)13/h3H,1-2H3,(H,7,12)(H,8,13)(H,9,11). The molecule has 0 aliphatic rings. The molecule has 0 unspecified atom stereocenters. The molecule has 1 heterocycles. The normalized spacial score (nSPS) is 10.4. The van der Waals surface area contributed by atoms with E-state index in [0.29, 0.717) is 9.54 Å². The van der Waals surface area contributed by atoms with Crippen LogP contribution in [0.5, 0.6) is 0 Å². The van der Waals surface area contributed by atoms with Gasteiger partial charge in [0, 0.05) is 5.92 Å². The molecule has 0 spiro atoms. The van der Waals surface area contributed by atoms with Crippen LogP contribution in [0.3, 0.4) is 0 Å². The average molecular weight is 218 g/mol. The lowest BCUT2D eigenvalue weighted by atomic mass is 10.2. The maximum atomic E-state index is 11.3. The molecule has 1 amide bonds. The summed E-state index contributed by atoms with van der Waals surface area (Å²) in [6.45, 7) is 3.58. The van der Waals surface area contributed by atoms with Crippen LogP contribution in [0.25, 0.3) is 0 Å². The molecule has 0 aromatic carbocycles. The van der Waals surface area contributed by atoms with E-state index < -0.39 is 0 Å². The topological polar surface area (TPSA) is 65.6 Å². The molecule has 0 saturated heterocycles. The Morgan fingerprint density at radius 3 is 2.23 bits per heavy atom. The minimum atomic E-state index is -0.129. The maximum Gasteiger partial charge on any atom is 0.241 e. The van der Waals surface area contributed by atoms with Crippen molar-refractivity contribution < 1.29 is 4.79 Å². The zero-order valence-corrected chi connectivity index (χ0v) is 8.88. The third-order valence-electron chi connectivity index (χ3n) is 1.43. The Labute approximate surface area is 85.1 Å². The Balaban J connectivity index is 2.93. The van der Waals surface area contributed by atoms with Crippen molar-refractivity contribution in [2.24, 2.45) is 5.92 Å². The van der Waals surface area contributed by atoms with Crippen molar-refractivity contribution in [3.63, 3.8) is 0 Å². The van der Waals surface area contributed by atoms with Crippen molar-refractivity contribution in [2.75, 3.05) is 5.43 Å². The third kappa shape index (κ3) is 2.25. The molecule has 72 valence electrons. The highest BCUT2D eigenvalue weighted by molar-refractivity contribution is 7.72. The molecule has 0 bridgehead atoms. The van der Waals surface area contributed by atoms with Crippen LogP contribution in [0.1, 0.15) is 13.8 Å². The van der Waals surface area contributed by atoms with E-state index in [2.05, 4.69) is 15.6 Å². The number of hydrogen-bond acceptors (Lipinski definition) is 3. The van der Waals surface area contributed by atoms with E-state index in [1.807, 2.05) is 0 Å². The molecule has 0 aliphatic heterocycles. The Hall–Kier alpha value is -0.950. The van der Waals surface area contributed by atoms with Crippen molar-refractivity contribution in [3.05, 3.63) is 9.54 Å². The summed E-state index contributed by atoms with van der Waals surface area (Å²) < 4.78 is 2.02. The smallest absolute Gasteiger partial charge is 0.241 e. The van der Waals surface area contributed by atoms with Gasteiger partial charge >= 0.3 is 0 Å². The number of nitrogens with zero attached hydrogens (tertiary/aromatic N) is 1. The molecule has 1 rings (SSSR count). The second-order valence-electron chi connectivity index (χ2n) is 2.83. The van der Waals surface area contributed by atoms with Crippen LogP contribution in [0.15, 0.2) is 0 Å². The van der Waals surface area contributed by atoms with Crippen LogP contribution in [0, 0.1) is 15.5 Å². The first-order chi connectivity index (χ1) is 6.02. The van der Waals surface area contributed by atoms with Gasteiger partial charge in [-0.25, -0.2) is 0 Å². The summed E-state index contributed by atoms with van der Waals surface area (Å²) in [6, 6.07) is 0. The number of amides is 1. The third-order valence-corrected chi connectivity index (χ3v) is 2.00. The number of aromatic nitrogens is 3. The van der Waals surface area contributed by atoms with Crippen molar-refractivity contribution >= 4 is 30.3 Å². The van der Waals surface area contributed by atoms with E-state index in [-0.39, 0.29) is 11.8 Å². The van der Waals surface area contributed by atoms with Gasteiger partial charge in [0.1, 0.15) is 0 Å². The highest BCUT2D eigenvalue weighted by Crippen LogP contribution is 1.94. The van der Waals surface area contributed by atoms with Gasteiger partial charge in [-0.2, -0.15) is 4.68 Å². The van der Waals surface area contributed by atoms with Crippen LogP contribution in [0.4, 0.5) is 0 Å². The largest absolute Gasteiger partial charge is 0.273 e. The van der Waals surface area contributed by atoms with Gasteiger partial charge in [-0.1, -0.05) is 13.8 Å². The number of rotatable bonds is 2. The minimum Gasteiger partial charge on any atom is -0.273 e. The second kappa shape index (κ2) is 3.84. The summed E-state index contributed by atoms with van der Waals surface area (Å²) in [4.78, 5) is 11.3. The first-order valence-corrected chi connectivity index (χ1v) is 4.54. The fourth-order valence-electron chi connectivity index (χ4n) is 0.652. The van der Waals surface area contributed by atoms with Crippen LogP contribution < -0.4 is 5.43 Å². The summed E-state index contributed by atoms with van der Waals surface area (Å²) in [5.74, 6) is -0.235. The van der Waals surface area contributed by atoms with E-state index >= 15 is 0 Å². The number of H-pyrrole nitrogens is 2. The van der Waals surface area contributed by atoms with E-state index in [0.717, 1.165) is 0 Å². The van der Waals surface area contributed by atoms with Crippen molar-refractivity contribution in [3.8, 4) is 0 Å². The van der Waals surface area contributed by atoms with E-state index in [1.54, 1.807) is 13.8 Å². The summed E-state index contributed by atoms with van der Waals surface area (Å²) in [5.41, 5.74) is 2.56. The lowest BCUT2D eigenvalue weighted by Gasteiger charge is -2.06. The highest BCUT2D eigenvalue weighted by atomic mass is 32.1. The van der Waals surface area contributed by atoms with Crippen LogP contribution in [-0.4, -0.2) is 20.8 Å². The molecule has 13 heavy (non-hydrogen) atoms. The van der Waals surface area contributed by atoms with E-state index in [4.69, 9.17) is 24.4 Å². The fourth-order valence-corrected chi connectivity index (χ4v) is 1.09. The number of hydrogen-bond donors (Lipinski definition) is 3. The predicted molar refractivity (Wildman–Crippen MR) is 54.0 cm³/mol. The summed E-state index contributed by atoms with van der Waals surface area (Å²) >= 11 is 9.75. The van der Waals surface area contributed by atoms with E-state index in [1.165, 1.54) is 4.68 Å². The quantitative estimate of drug-likeness (QED) is 0.656. The second-order valence-corrected chi connectivity index (χ2v) is 3.60. The minimum absolute atomic E-state index is 0.105. The molecule has 0 saturated carbocycles. The van der Waals surface area contributed by atoms with Crippen LogP contribution in [0.2, 0.25) is 0 Å². The molecular weight excluding hydrogens is 208 g/mol. The Morgan fingerprint density at radius 1 is 1.38 bits per heavy atom. The molecule has 5 nitrogen and oxygen atoms in total. The molecule has 0 atom stereocenters. The number of carbonyl (C=O) groups is 1. The van der Waals surface area contributed by atoms with Gasteiger partial charge in [-0.15, -0.1) is 0 Å². The predicted octanol–water partition coefficient (Wildman–Crippen LogP) is 1.33. The van der Waals surface area contributed by atoms with Crippen LogP contribution in [-0.2, 0) is 4.79 Å². The zero-order chi connectivity index (χ0) is 10.0. The lowest BCUT2D eigenvalue weighted by Crippen LogP contribution is -2.26. The monoisotopic (exact) mass is 218 g/mol. The SMILES string of the molecule is CC(C)C(=O)Nn1c(=S)[nH][nH]c1=S. The molecule has 0 fully saturated rings. The van der Waals surface area contributed by atoms with Gasteiger partial charge in [0.05, 0.1) is 0 Å². The molecule has 1 aromatic rings. The number of aromatic amines is 2. The summed E-state index contributed by atoms with van der Waals surface area (Å²) in [7, 11) is 0. The molecule has 7 heteroatoms. The Kier molecular flexibility index (Phi) is 2.99. The van der Waals surface area contributed by atoms with Crippen molar-refractivity contribution in [1.82, 2.24) is 14.9 Å². The molecule has 0 radical (unpaired) electrons. The Bertz CT molecular complexity index is 385. The molecule has 3 N–H and O–H groups in total. The van der Waals surface area contributed by atoms with Crippen LogP contribution >= 0.6 is 24.4 Å². The molecular formula is C6H10N4OS2. The van der Waals surface area contributed by atoms with E-state index in [9.17, 15) is 4.79 Å². The van der Waals surface area contributed by atoms with Gasteiger partial charge in [0.2, 0.25) is 15.4 Å². The lowest BCUT2D eigenvalue weighted by molar-refractivity contribution is -0.119. The first kappa shape index (κ1) is 10.1. The van der Waals surface area contributed by atoms with Gasteiger partial charge in [0.25, 0.3) is 0 Å². The highest BCUT2D eigenvalue weighted by Gasteiger charge is 2.07. The molecule has 0 aliphatic carbocycles. The Morgan fingerprint density at radius 2 is 1.85 bits per heavy atom. The van der Waals surface area contributed by atoms with Gasteiger partial charge < -0.3 is 0 Å².